The summed E-state index contributed by atoms with van der Waals surface area (Å²) in [6.07, 6.45) is -0.00196. The Hall–Kier alpha value is -1.97. The number of hydrogen-bond donors (Lipinski definition) is 1. The molecule has 1 atom stereocenters. The predicted molar refractivity (Wildman–Crippen MR) is 115 cm³/mol. The second-order valence-electron chi connectivity index (χ2n) is 8.22. The number of amides is 1. The number of alkyl halides is 2. The zero-order valence-electron chi connectivity index (χ0n) is 18.9. The van der Waals surface area contributed by atoms with Crippen LogP contribution in [-0.2, 0) is 16.1 Å². The molecule has 0 bridgehead atoms. The van der Waals surface area contributed by atoms with Crippen molar-refractivity contribution in [1.29, 1.82) is 0 Å². The van der Waals surface area contributed by atoms with Gasteiger partial charge in [-0.25, -0.2) is 0 Å². The van der Waals surface area contributed by atoms with Crippen LogP contribution in [-0.4, -0.2) is 81.4 Å². The Balaban J connectivity index is 1.80. The Bertz CT molecular complexity index is 691. The highest BCUT2D eigenvalue weighted by molar-refractivity contribution is 5.78. The number of likely N-dealkylation sites (N-methyl/N-ethyl adjacent to an activating group) is 1. The van der Waals surface area contributed by atoms with Gasteiger partial charge in [0.05, 0.1) is 25.9 Å². The maximum absolute atomic E-state index is 12.5. The first kappa shape index (κ1) is 25.3. The van der Waals surface area contributed by atoms with Gasteiger partial charge >= 0.3 is 6.61 Å². The average molecular weight is 444 g/mol. The van der Waals surface area contributed by atoms with Crippen LogP contribution in [0.25, 0.3) is 0 Å². The fourth-order valence-corrected chi connectivity index (χ4v) is 3.59. The lowest BCUT2D eigenvalue weighted by molar-refractivity contribution is -0.123. The van der Waals surface area contributed by atoms with E-state index in [1.807, 2.05) is 11.9 Å². The molecule has 0 spiro atoms. The van der Waals surface area contributed by atoms with E-state index in [1.54, 1.807) is 19.1 Å². The van der Waals surface area contributed by atoms with Crippen LogP contribution in [0.4, 0.5) is 8.78 Å². The van der Waals surface area contributed by atoms with Crippen LogP contribution in [0.2, 0.25) is 0 Å². The van der Waals surface area contributed by atoms with Crippen LogP contribution in [0.3, 0.4) is 0 Å². The number of rotatable bonds is 12. The first-order valence-electron chi connectivity index (χ1n) is 10.8. The van der Waals surface area contributed by atoms with Gasteiger partial charge in [-0.2, -0.15) is 8.78 Å². The highest BCUT2D eigenvalue weighted by atomic mass is 19.3. The molecule has 1 aromatic rings. The average Bonchev–Trinajstić information content (AvgIpc) is 2.68. The maximum Gasteiger partial charge on any atom is 0.387 e. The molecule has 1 heterocycles. The van der Waals surface area contributed by atoms with Gasteiger partial charge in [-0.05, 0) is 37.6 Å². The minimum absolute atomic E-state index is 0.0000105. The van der Waals surface area contributed by atoms with Gasteiger partial charge in [-0.15, -0.1) is 0 Å². The molecule has 0 aromatic heterocycles. The molecule has 0 aliphatic carbocycles. The zero-order valence-corrected chi connectivity index (χ0v) is 18.9. The molecule has 31 heavy (non-hydrogen) atoms. The lowest BCUT2D eigenvalue weighted by Gasteiger charge is -2.34. The molecule has 1 aliphatic rings. The van der Waals surface area contributed by atoms with Crippen LogP contribution < -0.4 is 14.8 Å². The van der Waals surface area contributed by atoms with E-state index in [1.165, 1.54) is 6.07 Å². The van der Waals surface area contributed by atoms with Crippen LogP contribution in [0.1, 0.15) is 26.3 Å². The zero-order chi connectivity index (χ0) is 22.8. The van der Waals surface area contributed by atoms with Gasteiger partial charge in [0.1, 0.15) is 0 Å². The summed E-state index contributed by atoms with van der Waals surface area (Å²) >= 11 is 0. The van der Waals surface area contributed by atoms with Gasteiger partial charge in [0, 0.05) is 32.7 Å². The lowest BCUT2D eigenvalue weighted by Crippen LogP contribution is -2.49. The summed E-state index contributed by atoms with van der Waals surface area (Å²) in [6, 6.07) is 4.81. The SMILES string of the molecule is CCOc1cc(CN(C)CC(=O)NCC2CN(CC(C)C)CCO2)ccc1OC(F)F. The predicted octanol–water partition coefficient (Wildman–Crippen LogP) is 2.59. The number of nitrogens with one attached hydrogen (secondary N) is 1. The summed E-state index contributed by atoms with van der Waals surface area (Å²) in [5.41, 5.74) is 0.834. The van der Waals surface area contributed by atoms with E-state index in [4.69, 9.17) is 9.47 Å². The van der Waals surface area contributed by atoms with E-state index in [9.17, 15) is 13.6 Å². The fourth-order valence-electron chi connectivity index (χ4n) is 3.59. The van der Waals surface area contributed by atoms with Gasteiger partial charge in [0.15, 0.2) is 11.5 Å². The number of carbonyl (C=O) groups excluding carboxylic acids is 1. The Morgan fingerprint density at radius 3 is 2.81 bits per heavy atom. The fraction of sp³-hybridized carbons (Fsp3) is 0.682. The number of benzene rings is 1. The third-order valence-corrected chi connectivity index (χ3v) is 4.76. The standard InChI is InChI=1S/C22H35F2N3O4/c1-5-29-20-10-17(6-7-19(20)31-22(23)24)13-26(4)15-21(28)25-11-18-14-27(8-9-30-18)12-16(2)3/h6-7,10,16,18,22H,5,8-9,11-15H2,1-4H3,(H,25,28). The Kier molecular flexibility index (Phi) is 10.4. The van der Waals surface area contributed by atoms with Crippen molar-refractivity contribution in [2.24, 2.45) is 5.92 Å². The molecular formula is C22H35F2N3O4. The highest BCUT2D eigenvalue weighted by Gasteiger charge is 2.21. The molecule has 1 amide bonds. The first-order chi connectivity index (χ1) is 14.8. The van der Waals surface area contributed by atoms with Crippen molar-refractivity contribution in [2.45, 2.75) is 40.0 Å². The molecule has 1 N–H and O–H groups in total. The molecule has 0 saturated carbocycles. The summed E-state index contributed by atoms with van der Waals surface area (Å²) in [5, 5.41) is 2.95. The third kappa shape index (κ3) is 9.37. The van der Waals surface area contributed by atoms with E-state index in [0.29, 0.717) is 32.2 Å². The monoisotopic (exact) mass is 443 g/mol. The lowest BCUT2D eigenvalue weighted by atomic mass is 10.2. The second kappa shape index (κ2) is 12.8. The second-order valence-corrected chi connectivity index (χ2v) is 8.22. The molecule has 1 unspecified atom stereocenters. The quantitative estimate of drug-likeness (QED) is 0.536. The Labute approximate surface area is 183 Å². The largest absolute Gasteiger partial charge is 0.490 e. The normalized spacial score (nSPS) is 17.4. The molecule has 9 heteroatoms. The molecule has 1 aliphatic heterocycles. The molecule has 2 rings (SSSR count). The van der Waals surface area contributed by atoms with Gasteiger partial charge in [-0.1, -0.05) is 19.9 Å². The van der Waals surface area contributed by atoms with E-state index in [-0.39, 0.29) is 30.1 Å². The summed E-state index contributed by atoms with van der Waals surface area (Å²) < 4.78 is 40.7. The van der Waals surface area contributed by atoms with E-state index in [2.05, 4.69) is 28.8 Å². The topological polar surface area (TPSA) is 63.3 Å². The molecule has 1 aromatic carbocycles. The van der Waals surface area contributed by atoms with Crippen LogP contribution in [0.5, 0.6) is 11.5 Å². The molecular weight excluding hydrogens is 408 g/mol. The molecule has 1 fully saturated rings. The van der Waals surface area contributed by atoms with Gasteiger partial charge < -0.3 is 19.5 Å². The minimum atomic E-state index is -2.91. The highest BCUT2D eigenvalue weighted by Crippen LogP contribution is 2.30. The number of morpholine rings is 1. The van der Waals surface area contributed by atoms with Crippen molar-refractivity contribution in [3.63, 3.8) is 0 Å². The van der Waals surface area contributed by atoms with Gasteiger partial charge in [-0.3, -0.25) is 14.6 Å². The number of carbonyl (C=O) groups is 1. The summed E-state index contributed by atoms with van der Waals surface area (Å²) in [5.74, 6) is 0.773. The molecule has 0 radical (unpaired) electrons. The van der Waals surface area contributed by atoms with Crippen molar-refractivity contribution in [2.75, 3.05) is 53.0 Å². The van der Waals surface area contributed by atoms with Gasteiger partial charge in [0.25, 0.3) is 0 Å². The van der Waals surface area contributed by atoms with Gasteiger partial charge in [0.2, 0.25) is 5.91 Å². The number of hydrogen-bond acceptors (Lipinski definition) is 6. The Morgan fingerprint density at radius 2 is 2.13 bits per heavy atom. The summed E-state index contributed by atoms with van der Waals surface area (Å²) in [4.78, 5) is 16.6. The van der Waals surface area contributed by atoms with Crippen LogP contribution in [0.15, 0.2) is 18.2 Å². The smallest absolute Gasteiger partial charge is 0.387 e. The van der Waals surface area contributed by atoms with E-state index < -0.39 is 6.61 Å². The van der Waals surface area contributed by atoms with Crippen LogP contribution in [0, 0.1) is 5.92 Å². The van der Waals surface area contributed by atoms with E-state index >= 15 is 0 Å². The summed E-state index contributed by atoms with van der Waals surface area (Å²) in [7, 11) is 1.82. The number of nitrogens with zero attached hydrogens (tertiary/aromatic N) is 2. The van der Waals surface area contributed by atoms with Crippen LogP contribution >= 0.6 is 0 Å². The van der Waals surface area contributed by atoms with E-state index in [0.717, 1.165) is 25.2 Å². The number of halogens is 2. The minimum Gasteiger partial charge on any atom is -0.490 e. The van der Waals surface area contributed by atoms with Crippen molar-refractivity contribution in [1.82, 2.24) is 15.1 Å². The molecule has 7 nitrogen and oxygen atoms in total. The number of ether oxygens (including phenoxy) is 3. The Morgan fingerprint density at radius 1 is 1.35 bits per heavy atom. The first-order valence-corrected chi connectivity index (χ1v) is 10.8. The maximum atomic E-state index is 12.5. The van der Waals surface area contributed by atoms with Crippen molar-refractivity contribution < 1.29 is 27.8 Å². The van der Waals surface area contributed by atoms with Crippen molar-refractivity contribution in [3.05, 3.63) is 23.8 Å². The van der Waals surface area contributed by atoms with Crippen molar-refractivity contribution >= 4 is 5.91 Å². The molecule has 1 saturated heterocycles. The third-order valence-electron chi connectivity index (χ3n) is 4.76. The van der Waals surface area contributed by atoms with Crippen molar-refractivity contribution in [3.8, 4) is 11.5 Å². The molecule has 176 valence electrons. The summed E-state index contributed by atoms with van der Waals surface area (Å²) in [6.45, 7) is 8.19.